The van der Waals surface area contributed by atoms with Gasteiger partial charge in [-0.1, -0.05) is 28.1 Å². The molecule has 0 atom stereocenters. The zero-order valence-electron chi connectivity index (χ0n) is 13.8. The van der Waals surface area contributed by atoms with Crippen LogP contribution in [0.25, 0.3) is 6.08 Å². The van der Waals surface area contributed by atoms with Crippen molar-refractivity contribution < 1.29 is 14.3 Å². The van der Waals surface area contributed by atoms with Gasteiger partial charge in [-0.25, -0.2) is 4.98 Å². The van der Waals surface area contributed by atoms with Crippen molar-refractivity contribution in [3.8, 4) is 0 Å². The number of thiocarbonyl (C=S) groups is 1. The molecular formula is C17H16BrN3O3S2. The normalized spacial score (nSPS) is 10.5. The fourth-order valence-corrected chi connectivity index (χ4v) is 3.07. The molecule has 0 bridgehead atoms. The number of nitrogens with one attached hydrogen (secondary N) is 2. The van der Waals surface area contributed by atoms with E-state index in [1.54, 1.807) is 18.4 Å². The molecule has 0 saturated carbocycles. The van der Waals surface area contributed by atoms with Crippen LogP contribution >= 0.6 is 39.5 Å². The number of nitrogens with zero attached hydrogens (tertiary/aromatic N) is 1. The van der Waals surface area contributed by atoms with Crippen molar-refractivity contribution in [2.45, 2.75) is 13.3 Å². The molecule has 9 heteroatoms. The Balaban J connectivity index is 1.82. The van der Waals surface area contributed by atoms with Gasteiger partial charge < -0.3 is 10.1 Å². The number of ether oxygens (including phenoxy) is 1. The second kappa shape index (κ2) is 10.1. The molecule has 0 aliphatic heterocycles. The standard InChI is InChI=1S/C17H16BrN3O3S2/c1-2-24-15(23)9-13-10-26-17(19-13)21-16(25)20-14(22)8-5-11-3-6-12(18)7-4-11/h3-8,10H,2,9H2,1H3,(H2,19,20,21,22,25). The quantitative estimate of drug-likeness (QED) is 0.395. The van der Waals surface area contributed by atoms with E-state index >= 15 is 0 Å². The summed E-state index contributed by atoms with van der Waals surface area (Å²) in [6.45, 7) is 2.08. The Labute approximate surface area is 168 Å². The first kappa shape index (κ1) is 20.2. The Morgan fingerprint density at radius 2 is 2.08 bits per heavy atom. The van der Waals surface area contributed by atoms with Gasteiger partial charge in [-0.3, -0.25) is 14.9 Å². The summed E-state index contributed by atoms with van der Waals surface area (Å²) in [5, 5.41) is 7.72. The average Bonchev–Trinajstić information content (AvgIpc) is 3.01. The number of carbonyl (C=O) groups excluding carboxylic acids is 2. The highest BCUT2D eigenvalue weighted by atomic mass is 79.9. The molecule has 2 N–H and O–H groups in total. The lowest BCUT2D eigenvalue weighted by Crippen LogP contribution is -2.32. The van der Waals surface area contributed by atoms with Crippen molar-refractivity contribution in [3.05, 3.63) is 51.5 Å². The first-order valence-electron chi connectivity index (χ1n) is 7.62. The van der Waals surface area contributed by atoms with Gasteiger partial charge in [0.05, 0.1) is 18.7 Å². The molecule has 1 amide bonds. The highest BCUT2D eigenvalue weighted by Gasteiger charge is 2.09. The minimum Gasteiger partial charge on any atom is -0.466 e. The zero-order chi connectivity index (χ0) is 18.9. The number of hydrogen-bond acceptors (Lipinski definition) is 6. The third-order valence-electron chi connectivity index (χ3n) is 2.94. The van der Waals surface area contributed by atoms with E-state index in [4.69, 9.17) is 17.0 Å². The third-order valence-corrected chi connectivity index (χ3v) is 4.48. The van der Waals surface area contributed by atoms with Gasteiger partial charge in [0.1, 0.15) is 0 Å². The van der Waals surface area contributed by atoms with E-state index in [0.717, 1.165) is 10.0 Å². The van der Waals surface area contributed by atoms with Crippen molar-refractivity contribution in [1.82, 2.24) is 10.3 Å². The van der Waals surface area contributed by atoms with E-state index < -0.39 is 0 Å². The van der Waals surface area contributed by atoms with Crippen molar-refractivity contribution in [3.63, 3.8) is 0 Å². The Bertz CT molecular complexity index is 819. The number of halogens is 1. The molecule has 6 nitrogen and oxygen atoms in total. The lowest BCUT2D eigenvalue weighted by molar-refractivity contribution is -0.142. The van der Waals surface area contributed by atoms with Crippen LogP contribution in [0.4, 0.5) is 5.13 Å². The molecule has 2 aromatic rings. The van der Waals surface area contributed by atoms with Crippen LogP contribution in [0.5, 0.6) is 0 Å². The predicted octanol–water partition coefficient (Wildman–Crippen LogP) is 3.54. The summed E-state index contributed by atoms with van der Waals surface area (Å²) in [6.07, 6.45) is 3.18. The summed E-state index contributed by atoms with van der Waals surface area (Å²) in [4.78, 5) is 27.5. The molecule has 0 spiro atoms. The minimum absolute atomic E-state index is 0.0983. The number of esters is 1. The van der Waals surface area contributed by atoms with E-state index in [0.29, 0.717) is 17.4 Å². The van der Waals surface area contributed by atoms with Crippen LogP contribution in [0.2, 0.25) is 0 Å². The first-order valence-corrected chi connectivity index (χ1v) is 9.70. The molecule has 0 aliphatic rings. The summed E-state index contributed by atoms with van der Waals surface area (Å²) < 4.78 is 5.84. The zero-order valence-corrected chi connectivity index (χ0v) is 17.0. The van der Waals surface area contributed by atoms with Crippen LogP contribution in [0.15, 0.2) is 40.2 Å². The number of carbonyl (C=O) groups is 2. The van der Waals surface area contributed by atoms with Gasteiger partial charge in [-0.05, 0) is 42.9 Å². The van der Waals surface area contributed by atoms with Crippen molar-refractivity contribution in [2.75, 3.05) is 11.9 Å². The van der Waals surface area contributed by atoms with Crippen molar-refractivity contribution in [1.29, 1.82) is 0 Å². The first-order chi connectivity index (χ1) is 12.5. The lowest BCUT2D eigenvalue weighted by atomic mass is 10.2. The fourth-order valence-electron chi connectivity index (χ4n) is 1.83. The third kappa shape index (κ3) is 7.03. The molecule has 0 aliphatic carbocycles. The summed E-state index contributed by atoms with van der Waals surface area (Å²) in [6, 6.07) is 7.54. The predicted molar refractivity (Wildman–Crippen MR) is 110 cm³/mol. The number of rotatable bonds is 6. The van der Waals surface area contributed by atoms with E-state index in [2.05, 4.69) is 31.5 Å². The monoisotopic (exact) mass is 453 g/mol. The molecule has 1 aromatic carbocycles. The molecule has 0 unspecified atom stereocenters. The fraction of sp³-hybridized carbons (Fsp3) is 0.176. The summed E-state index contributed by atoms with van der Waals surface area (Å²) in [7, 11) is 0. The number of anilines is 1. The molecule has 1 aromatic heterocycles. The minimum atomic E-state index is -0.353. The molecule has 2 rings (SSSR count). The van der Waals surface area contributed by atoms with Crippen LogP contribution in [-0.2, 0) is 20.7 Å². The lowest BCUT2D eigenvalue weighted by Gasteiger charge is -2.04. The van der Waals surface area contributed by atoms with Crippen LogP contribution < -0.4 is 10.6 Å². The molecule has 0 saturated heterocycles. The van der Waals surface area contributed by atoms with E-state index in [9.17, 15) is 9.59 Å². The topological polar surface area (TPSA) is 80.3 Å². The summed E-state index contributed by atoms with van der Waals surface area (Å²) in [5.41, 5.74) is 1.48. The Morgan fingerprint density at radius 1 is 1.35 bits per heavy atom. The maximum Gasteiger partial charge on any atom is 0.311 e. The second-order valence-corrected chi connectivity index (χ2v) is 7.14. The van der Waals surface area contributed by atoms with Gasteiger partial charge in [0.2, 0.25) is 5.91 Å². The molecule has 0 radical (unpaired) electrons. The Kier molecular flexibility index (Phi) is 7.89. The maximum absolute atomic E-state index is 11.9. The molecule has 0 fully saturated rings. The molecular weight excluding hydrogens is 438 g/mol. The highest BCUT2D eigenvalue weighted by Crippen LogP contribution is 2.16. The van der Waals surface area contributed by atoms with Gasteiger partial charge >= 0.3 is 5.97 Å². The number of thiazole rings is 1. The smallest absolute Gasteiger partial charge is 0.311 e. The highest BCUT2D eigenvalue weighted by molar-refractivity contribution is 9.10. The average molecular weight is 454 g/mol. The largest absolute Gasteiger partial charge is 0.466 e. The van der Waals surface area contributed by atoms with Crippen LogP contribution in [0, 0.1) is 0 Å². The molecule has 1 heterocycles. The second-order valence-electron chi connectivity index (χ2n) is 4.95. The maximum atomic E-state index is 11.9. The SMILES string of the molecule is CCOC(=O)Cc1csc(NC(=S)NC(=O)C=Cc2ccc(Br)cc2)n1. The van der Waals surface area contributed by atoms with Gasteiger partial charge in [-0.15, -0.1) is 11.3 Å². The Morgan fingerprint density at radius 3 is 2.77 bits per heavy atom. The van der Waals surface area contributed by atoms with E-state index in [1.807, 2.05) is 24.3 Å². The summed E-state index contributed by atoms with van der Waals surface area (Å²) >= 11 is 9.73. The van der Waals surface area contributed by atoms with Gasteiger partial charge in [0.25, 0.3) is 0 Å². The van der Waals surface area contributed by atoms with E-state index in [1.165, 1.54) is 17.4 Å². The Hall–Kier alpha value is -2.10. The van der Waals surface area contributed by atoms with E-state index in [-0.39, 0.29) is 23.4 Å². The van der Waals surface area contributed by atoms with Crippen LogP contribution in [0.3, 0.4) is 0 Å². The molecule has 136 valence electrons. The van der Waals surface area contributed by atoms with Crippen LogP contribution in [0.1, 0.15) is 18.2 Å². The van der Waals surface area contributed by atoms with Gasteiger partial charge in [-0.2, -0.15) is 0 Å². The number of amides is 1. The number of aromatic nitrogens is 1. The molecule has 26 heavy (non-hydrogen) atoms. The summed E-state index contributed by atoms with van der Waals surface area (Å²) in [5.74, 6) is -0.688. The number of hydrogen-bond donors (Lipinski definition) is 2. The van der Waals surface area contributed by atoms with Crippen LogP contribution in [-0.4, -0.2) is 28.6 Å². The van der Waals surface area contributed by atoms with Gasteiger partial charge in [0.15, 0.2) is 10.2 Å². The van der Waals surface area contributed by atoms with Crippen molar-refractivity contribution in [2.24, 2.45) is 0 Å². The van der Waals surface area contributed by atoms with Crippen molar-refractivity contribution >= 4 is 67.7 Å². The number of benzene rings is 1. The van der Waals surface area contributed by atoms with Gasteiger partial charge in [0, 0.05) is 15.9 Å².